The Kier molecular flexibility index (Phi) is 3.08. The standard InChI is InChI=1S/C14H9FN2O2S/c15-9-3-5-12-16-14(11-2-1-7-20-11)10(17(12)8-9)4-6-13(18)19/h1-8H,(H,18,19)/b6-4+. The fourth-order valence-electron chi connectivity index (χ4n) is 1.94. The average molecular weight is 288 g/mol. The first-order valence-corrected chi connectivity index (χ1v) is 6.65. The van der Waals surface area contributed by atoms with Crippen molar-refractivity contribution in [2.24, 2.45) is 0 Å². The molecule has 0 radical (unpaired) electrons. The third kappa shape index (κ3) is 2.21. The smallest absolute Gasteiger partial charge is 0.328 e. The van der Waals surface area contributed by atoms with Crippen LogP contribution in [0.15, 0.2) is 41.9 Å². The number of hydrogen-bond donors (Lipinski definition) is 1. The molecule has 0 saturated carbocycles. The van der Waals surface area contributed by atoms with E-state index in [1.165, 1.54) is 29.7 Å². The van der Waals surface area contributed by atoms with Crippen LogP contribution >= 0.6 is 11.3 Å². The van der Waals surface area contributed by atoms with Crippen molar-refractivity contribution in [2.75, 3.05) is 0 Å². The molecular weight excluding hydrogens is 279 g/mol. The number of pyridine rings is 1. The van der Waals surface area contributed by atoms with Gasteiger partial charge in [0.15, 0.2) is 0 Å². The summed E-state index contributed by atoms with van der Waals surface area (Å²) in [5.74, 6) is -1.47. The highest BCUT2D eigenvalue weighted by Crippen LogP contribution is 2.29. The Morgan fingerprint density at radius 1 is 1.40 bits per heavy atom. The number of carboxylic acids is 1. The third-order valence-electron chi connectivity index (χ3n) is 2.76. The number of nitrogens with zero attached hydrogens (tertiary/aromatic N) is 2. The van der Waals surface area contributed by atoms with Gasteiger partial charge in [0.05, 0.1) is 10.6 Å². The maximum Gasteiger partial charge on any atom is 0.328 e. The van der Waals surface area contributed by atoms with Gasteiger partial charge in [-0.2, -0.15) is 0 Å². The predicted octanol–water partition coefficient (Wildman–Crippen LogP) is 3.30. The molecule has 0 spiro atoms. The minimum atomic E-state index is -1.06. The van der Waals surface area contributed by atoms with E-state index in [2.05, 4.69) is 4.98 Å². The minimum absolute atomic E-state index is 0.405. The predicted molar refractivity (Wildman–Crippen MR) is 75.1 cm³/mol. The molecule has 6 heteroatoms. The first-order chi connectivity index (χ1) is 9.65. The van der Waals surface area contributed by atoms with Crippen LogP contribution in [-0.2, 0) is 4.79 Å². The Hall–Kier alpha value is -2.47. The second-order valence-corrected chi connectivity index (χ2v) is 5.02. The molecule has 0 aliphatic heterocycles. The maximum atomic E-state index is 13.4. The van der Waals surface area contributed by atoms with Gasteiger partial charge in [-0.25, -0.2) is 14.2 Å². The largest absolute Gasteiger partial charge is 0.478 e. The zero-order chi connectivity index (χ0) is 14.1. The third-order valence-corrected chi connectivity index (χ3v) is 3.63. The highest BCUT2D eigenvalue weighted by atomic mass is 32.1. The molecule has 4 nitrogen and oxygen atoms in total. The van der Waals surface area contributed by atoms with Crippen LogP contribution in [0.25, 0.3) is 22.3 Å². The summed E-state index contributed by atoms with van der Waals surface area (Å²) in [6.07, 6.45) is 3.74. The van der Waals surface area contributed by atoms with Crippen LogP contribution in [0.5, 0.6) is 0 Å². The maximum absolute atomic E-state index is 13.4. The molecule has 0 aliphatic rings. The zero-order valence-electron chi connectivity index (χ0n) is 10.2. The molecule has 3 rings (SSSR count). The minimum Gasteiger partial charge on any atom is -0.478 e. The Morgan fingerprint density at radius 2 is 2.25 bits per heavy atom. The van der Waals surface area contributed by atoms with E-state index in [1.54, 1.807) is 10.5 Å². The Bertz CT molecular complexity index is 806. The summed E-state index contributed by atoms with van der Waals surface area (Å²) in [5.41, 5.74) is 1.76. The summed E-state index contributed by atoms with van der Waals surface area (Å²) in [6, 6.07) is 6.66. The van der Waals surface area contributed by atoms with Gasteiger partial charge in [-0.05, 0) is 29.7 Å². The average Bonchev–Trinajstić information content (AvgIpc) is 3.02. The molecule has 0 bridgehead atoms. The number of rotatable bonds is 3. The van der Waals surface area contributed by atoms with Gasteiger partial charge in [0, 0.05) is 12.3 Å². The van der Waals surface area contributed by atoms with Crippen LogP contribution in [0.4, 0.5) is 4.39 Å². The molecule has 3 heterocycles. The molecule has 1 N–H and O–H groups in total. The summed E-state index contributed by atoms with van der Waals surface area (Å²) < 4.78 is 14.9. The molecule has 0 fully saturated rings. The van der Waals surface area contributed by atoms with E-state index in [0.717, 1.165) is 11.0 Å². The molecule has 100 valence electrons. The lowest BCUT2D eigenvalue weighted by Crippen LogP contribution is -1.91. The van der Waals surface area contributed by atoms with Crippen molar-refractivity contribution in [3.05, 3.63) is 53.4 Å². The fourth-order valence-corrected chi connectivity index (χ4v) is 2.66. The number of imidazole rings is 1. The van der Waals surface area contributed by atoms with Gasteiger partial charge in [-0.15, -0.1) is 11.3 Å². The normalized spacial score (nSPS) is 11.4. The lowest BCUT2D eigenvalue weighted by Gasteiger charge is -1.98. The fraction of sp³-hybridized carbons (Fsp3) is 0. The number of aromatic nitrogens is 2. The summed E-state index contributed by atoms with van der Waals surface area (Å²) in [4.78, 5) is 16.0. The molecule has 0 saturated heterocycles. The van der Waals surface area contributed by atoms with E-state index in [9.17, 15) is 9.18 Å². The molecule has 3 aromatic heterocycles. The van der Waals surface area contributed by atoms with E-state index < -0.39 is 11.8 Å². The molecule has 0 aromatic carbocycles. The van der Waals surface area contributed by atoms with E-state index >= 15 is 0 Å². The van der Waals surface area contributed by atoms with Gasteiger partial charge in [0.1, 0.15) is 17.2 Å². The van der Waals surface area contributed by atoms with Gasteiger partial charge < -0.3 is 5.11 Å². The summed E-state index contributed by atoms with van der Waals surface area (Å²) in [6.45, 7) is 0. The van der Waals surface area contributed by atoms with E-state index in [-0.39, 0.29) is 0 Å². The van der Waals surface area contributed by atoms with E-state index in [4.69, 9.17) is 5.11 Å². The molecule has 0 amide bonds. The first-order valence-electron chi connectivity index (χ1n) is 5.77. The van der Waals surface area contributed by atoms with Crippen LogP contribution in [0.3, 0.4) is 0 Å². The van der Waals surface area contributed by atoms with E-state index in [1.807, 2.05) is 17.5 Å². The molecule has 3 aromatic rings. The van der Waals surface area contributed by atoms with Gasteiger partial charge in [0.25, 0.3) is 0 Å². The molecule has 0 aliphatic carbocycles. The Labute approximate surface area is 117 Å². The van der Waals surface area contributed by atoms with Crippen molar-refractivity contribution in [1.82, 2.24) is 9.38 Å². The monoisotopic (exact) mass is 288 g/mol. The molecule has 0 unspecified atom stereocenters. The number of fused-ring (bicyclic) bond motifs is 1. The van der Waals surface area contributed by atoms with Gasteiger partial charge in [0.2, 0.25) is 0 Å². The van der Waals surface area contributed by atoms with Gasteiger partial charge in [-0.1, -0.05) is 6.07 Å². The SMILES string of the molecule is O=C(O)/C=C/c1c(-c2cccs2)nc2ccc(F)cn12. The first kappa shape index (κ1) is 12.6. The number of carboxylic acid groups (broad SMARTS) is 1. The second kappa shape index (κ2) is 4.90. The topological polar surface area (TPSA) is 54.6 Å². The molecule has 20 heavy (non-hydrogen) atoms. The number of hydrogen-bond acceptors (Lipinski definition) is 3. The van der Waals surface area contributed by atoms with Gasteiger partial charge in [-0.3, -0.25) is 4.40 Å². The number of halogens is 1. The van der Waals surface area contributed by atoms with Crippen molar-refractivity contribution in [1.29, 1.82) is 0 Å². The van der Waals surface area contributed by atoms with Gasteiger partial charge >= 0.3 is 5.97 Å². The van der Waals surface area contributed by atoms with Crippen LogP contribution in [0.1, 0.15) is 5.69 Å². The highest BCUT2D eigenvalue weighted by molar-refractivity contribution is 7.13. The number of aliphatic carboxylic acids is 1. The highest BCUT2D eigenvalue weighted by Gasteiger charge is 2.13. The van der Waals surface area contributed by atoms with Crippen LogP contribution in [0, 0.1) is 5.82 Å². The summed E-state index contributed by atoms with van der Waals surface area (Å²) >= 11 is 1.49. The van der Waals surface area contributed by atoms with Crippen LogP contribution in [0.2, 0.25) is 0 Å². The molecular formula is C14H9FN2O2S. The molecule has 0 atom stereocenters. The second-order valence-electron chi connectivity index (χ2n) is 4.07. The van der Waals surface area contributed by atoms with Crippen molar-refractivity contribution < 1.29 is 14.3 Å². The van der Waals surface area contributed by atoms with Crippen molar-refractivity contribution in [2.45, 2.75) is 0 Å². The summed E-state index contributed by atoms with van der Waals surface area (Å²) in [7, 11) is 0. The van der Waals surface area contributed by atoms with Crippen LogP contribution in [-0.4, -0.2) is 20.5 Å². The van der Waals surface area contributed by atoms with Crippen molar-refractivity contribution >= 4 is 29.0 Å². The van der Waals surface area contributed by atoms with Crippen LogP contribution < -0.4 is 0 Å². The Balaban J connectivity index is 2.28. The van der Waals surface area contributed by atoms with Crippen molar-refractivity contribution in [3.63, 3.8) is 0 Å². The quantitative estimate of drug-likeness (QED) is 0.752. The van der Waals surface area contributed by atoms with Crippen molar-refractivity contribution in [3.8, 4) is 10.6 Å². The van der Waals surface area contributed by atoms with E-state index in [0.29, 0.717) is 17.0 Å². The lowest BCUT2D eigenvalue weighted by atomic mass is 10.2. The number of thiophene rings is 1. The zero-order valence-corrected chi connectivity index (χ0v) is 11.0. The Morgan fingerprint density at radius 3 is 2.95 bits per heavy atom. The summed E-state index contributed by atoms with van der Waals surface area (Å²) in [5, 5.41) is 10.7. The number of carbonyl (C=O) groups is 1. The lowest BCUT2D eigenvalue weighted by molar-refractivity contribution is -0.131.